The van der Waals surface area contributed by atoms with Gasteiger partial charge in [-0.2, -0.15) is 0 Å². The number of carbonyl (C=O) groups is 1. The standard InChI is InChI=1S/C12H14FNO2/c1-3-6-14-12(15)8-9-4-5-11(16-2)10(13)7-9/h3-5,7H,1,6,8H2,2H3,(H,14,15). The Morgan fingerprint density at radius 1 is 1.62 bits per heavy atom. The van der Waals surface area contributed by atoms with Crippen LogP contribution in [-0.4, -0.2) is 19.6 Å². The van der Waals surface area contributed by atoms with E-state index in [1.165, 1.54) is 19.2 Å². The molecule has 0 aliphatic carbocycles. The third-order valence-corrected chi connectivity index (χ3v) is 2.02. The van der Waals surface area contributed by atoms with Crippen molar-refractivity contribution >= 4 is 5.91 Å². The fourth-order valence-corrected chi connectivity index (χ4v) is 1.25. The first-order chi connectivity index (χ1) is 7.67. The van der Waals surface area contributed by atoms with Crippen LogP contribution in [0, 0.1) is 5.82 Å². The number of ether oxygens (including phenoxy) is 1. The number of benzene rings is 1. The van der Waals surface area contributed by atoms with E-state index in [1.54, 1.807) is 12.1 Å². The highest BCUT2D eigenvalue weighted by atomic mass is 19.1. The molecule has 0 aliphatic rings. The Balaban J connectivity index is 2.64. The first-order valence-electron chi connectivity index (χ1n) is 4.87. The van der Waals surface area contributed by atoms with Gasteiger partial charge in [-0.05, 0) is 17.7 Å². The summed E-state index contributed by atoms with van der Waals surface area (Å²) in [6.45, 7) is 3.90. The molecule has 4 heteroatoms. The molecule has 0 fully saturated rings. The average Bonchev–Trinajstić information content (AvgIpc) is 2.26. The summed E-state index contributed by atoms with van der Waals surface area (Å²) >= 11 is 0. The van der Waals surface area contributed by atoms with Crippen LogP contribution >= 0.6 is 0 Å². The lowest BCUT2D eigenvalue weighted by Crippen LogP contribution is -2.24. The minimum atomic E-state index is -0.462. The van der Waals surface area contributed by atoms with Crippen LogP contribution < -0.4 is 10.1 Å². The number of carbonyl (C=O) groups excluding carboxylic acids is 1. The van der Waals surface area contributed by atoms with Gasteiger partial charge in [0.25, 0.3) is 0 Å². The average molecular weight is 223 g/mol. The molecule has 0 aliphatic heterocycles. The molecule has 1 aromatic carbocycles. The highest BCUT2D eigenvalue weighted by molar-refractivity contribution is 5.78. The van der Waals surface area contributed by atoms with Crippen LogP contribution in [0.1, 0.15) is 5.56 Å². The van der Waals surface area contributed by atoms with E-state index in [0.29, 0.717) is 12.1 Å². The molecule has 16 heavy (non-hydrogen) atoms. The Morgan fingerprint density at radius 3 is 2.94 bits per heavy atom. The molecule has 0 atom stereocenters. The molecule has 0 saturated heterocycles. The van der Waals surface area contributed by atoms with E-state index < -0.39 is 5.82 Å². The van der Waals surface area contributed by atoms with Gasteiger partial charge in [0, 0.05) is 6.54 Å². The number of methoxy groups -OCH3 is 1. The zero-order valence-electron chi connectivity index (χ0n) is 9.13. The Kier molecular flexibility index (Phi) is 4.51. The molecule has 3 nitrogen and oxygen atoms in total. The Labute approximate surface area is 93.9 Å². The van der Waals surface area contributed by atoms with Gasteiger partial charge in [0.1, 0.15) is 0 Å². The molecule has 86 valence electrons. The van der Waals surface area contributed by atoms with Crippen LogP contribution in [0.5, 0.6) is 5.75 Å². The summed E-state index contributed by atoms with van der Waals surface area (Å²) in [5, 5.41) is 2.62. The Bertz CT molecular complexity index is 391. The molecule has 1 rings (SSSR count). The van der Waals surface area contributed by atoms with Gasteiger partial charge in [-0.3, -0.25) is 4.79 Å². The van der Waals surface area contributed by atoms with Crippen LogP contribution in [0.4, 0.5) is 4.39 Å². The second kappa shape index (κ2) is 5.90. The maximum absolute atomic E-state index is 13.3. The normalized spacial score (nSPS) is 9.62. The minimum Gasteiger partial charge on any atom is -0.494 e. The zero-order chi connectivity index (χ0) is 12.0. The van der Waals surface area contributed by atoms with Gasteiger partial charge < -0.3 is 10.1 Å². The first-order valence-corrected chi connectivity index (χ1v) is 4.87. The number of hydrogen-bond donors (Lipinski definition) is 1. The predicted octanol–water partition coefficient (Wildman–Crippen LogP) is 1.68. The van der Waals surface area contributed by atoms with Crippen molar-refractivity contribution < 1.29 is 13.9 Å². The topological polar surface area (TPSA) is 38.3 Å². The lowest BCUT2D eigenvalue weighted by atomic mass is 10.1. The van der Waals surface area contributed by atoms with E-state index in [-0.39, 0.29) is 18.1 Å². The first kappa shape index (κ1) is 12.2. The van der Waals surface area contributed by atoms with Crippen molar-refractivity contribution in [1.82, 2.24) is 5.32 Å². The van der Waals surface area contributed by atoms with Gasteiger partial charge in [-0.25, -0.2) is 4.39 Å². The van der Waals surface area contributed by atoms with Crippen LogP contribution in [0.3, 0.4) is 0 Å². The third-order valence-electron chi connectivity index (χ3n) is 2.02. The number of nitrogens with one attached hydrogen (secondary N) is 1. The third kappa shape index (κ3) is 3.38. The molecule has 0 spiro atoms. The second-order valence-electron chi connectivity index (χ2n) is 3.24. The van der Waals surface area contributed by atoms with Gasteiger partial charge in [0.2, 0.25) is 5.91 Å². The van der Waals surface area contributed by atoms with Crippen LogP contribution in [-0.2, 0) is 11.2 Å². The molecule has 1 amide bonds. The van der Waals surface area contributed by atoms with Crippen molar-refractivity contribution in [3.8, 4) is 5.75 Å². The molecule has 0 radical (unpaired) electrons. The molecule has 1 aromatic rings. The van der Waals surface area contributed by atoms with Crippen LogP contribution in [0.15, 0.2) is 30.9 Å². The van der Waals surface area contributed by atoms with E-state index in [1.807, 2.05) is 0 Å². The van der Waals surface area contributed by atoms with Crippen LogP contribution in [0.25, 0.3) is 0 Å². The number of rotatable bonds is 5. The summed E-state index contributed by atoms with van der Waals surface area (Å²) < 4.78 is 18.1. The quantitative estimate of drug-likeness (QED) is 0.771. The van der Waals surface area contributed by atoms with Gasteiger partial charge in [0.05, 0.1) is 13.5 Å². The van der Waals surface area contributed by atoms with Crippen molar-refractivity contribution in [2.24, 2.45) is 0 Å². The zero-order valence-corrected chi connectivity index (χ0v) is 9.13. The SMILES string of the molecule is C=CCNC(=O)Cc1ccc(OC)c(F)c1. The van der Waals surface area contributed by atoms with E-state index in [4.69, 9.17) is 4.74 Å². The molecular formula is C12H14FNO2. The summed E-state index contributed by atoms with van der Waals surface area (Å²) in [6.07, 6.45) is 1.74. The molecule has 0 saturated carbocycles. The van der Waals surface area contributed by atoms with Crippen molar-refractivity contribution in [2.45, 2.75) is 6.42 Å². The Hall–Kier alpha value is -1.84. The fraction of sp³-hybridized carbons (Fsp3) is 0.250. The van der Waals surface area contributed by atoms with Gasteiger partial charge in [0.15, 0.2) is 11.6 Å². The minimum absolute atomic E-state index is 0.148. The molecular weight excluding hydrogens is 209 g/mol. The van der Waals surface area contributed by atoms with Crippen LogP contribution in [0.2, 0.25) is 0 Å². The fourth-order valence-electron chi connectivity index (χ4n) is 1.25. The van der Waals surface area contributed by atoms with E-state index in [0.717, 1.165) is 0 Å². The molecule has 1 N–H and O–H groups in total. The lowest BCUT2D eigenvalue weighted by Gasteiger charge is -2.05. The van der Waals surface area contributed by atoms with Crippen molar-refractivity contribution in [2.75, 3.05) is 13.7 Å². The lowest BCUT2D eigenvalue weighted by molar-refractivity contribution is -0.120. The molecule has 0 bridgehead atoms. The number of amides is 1. The van der Waals surface area contributed by atoms with E-state index in [9.17, 15) is 9.18 Å². The smallest absolute Gasteiger partial charge is 0.224 e. The summed E-state index contributed by atoms with van der Waals surface area (Å²) in [5.41, 5.74) is 0.611. The highest BCUT2D eigenvalue weighted by Crippen LogP contribution is 2.17. The largest absolute Gasteiger partial charge is 0.494 e. The van der Waals surface area contributed by atoms with Crippen molar-refractivity contribution in [3.05, 3.63) is 42.2 Å². The molecule has 0 unspecified atom stereocenters. The summed E-state index contributed by atoms with van der Waals surface area (Å²) in [7, 11) is 1.40. The van der Waals surface area contributed by atoms with Gasteiger partial charge in [-0.1, -0.05) is 12.1 Å². The van der Waals surface area contributed by atoms with Gasteiger partial charge in [-0.15, -0.1) is 6.58 Å². The number of hydrogen-bond acceptors (Lipinski definition) is 2. The van der Waals surface area contributed by atoms with Crippen molar-refractivity contribution in [1.29, 1.82) is 0 Å². The second-order valence-corrected chi connectivity index (χ2v) is 3.24. The monoisotopic (exact) mass is 223 g/mol. The summed E-state index contributed by atoms with van der Waals surface area (Å²) in [4.78, 5) is 11.3. The van der Waals surface area contributed by atoms with Crippen molar-refractivity contribution in [3.63, 3.8) is 0 Å². The maximum Gasteiger partial charge on any atom is 0.224 e. The van der Waals surface area contributed by atoms with E-state index >= 15 is 0 Å². The maximum atomic E-state index is 13.3. The number of halogens is 1. The summed E-state index contributed by atoms with van der Waals surface area (Å²) in [6, 6.07) is 4.47. The predicted molar refractivity (Wildman–Crippen MR) is 59.9 cm³/mol. The summed E-state index contributed by atoms with van der Waals surface area (Å²) in [5.74, 6) is -0.448. The van der Waals surface area contributed by atoms with Gasteiger partial charge >= 0.3 is 0 Å². The molecule has 0 heterocycles. The molecule has 0 aromatic heterocycles. The highest BCUT2D eigenvalue weighted by Gasteiger charge is 2.06. The Morgan fingerprint density at radius 2 is 2.38 bits per heavy atom. The van der Waals surface area contributed by atoms with E-state index in [2.05, 4.69) is 11.9 Å².